The van der Waals surface area contributed by atoms with Gasteiger partial charge in [0.2, 0.25) is 5.95 Å². The van der Waals surface area contributed by atoms with Crippen molar-refractivity contribution in [2.24, 2.45) is 0 Å². The van der Waals surface area contributed by atoms with Crippen LogP contribution in [0.5, 0.6) is 0 Å². The van der Waals surface area contributed by atoms with Crippen LogP contribution in [0.2, 0.25) is 5.15 Å². The van der Waals surface area contributed by atoms with Gasteiger partial charge < -0.3 is 9.64 Å². The van der Waals surface area contributed by atoms with Crippen molar-refractivity contribution in [3.05, 3.63) is 22.0 Å². The van der Waals surface area contributed by atoms with Gasteiger partial charge in [-0.25, -0.2) is 9.97 Å². The van der Waals surface area contributed by atoms with E-state index in [2.05, 4.69) is 35.8 Å². The summed E-state index contributed by atoms with van der Waals surface area (Å²) in [5.74, 6) is 0.641. The number of nitrogens with zero attached hydrogens (tertiary/aromatic N) is 4. The number of hydrogen-bond acceptors (Lipinski definition) is 5. The van der Waals surface area contributed by atoms with E-state index in [9.17, 15) is 0 Å². The van der Waals surface area contributed by atoms with Gasteiger partial charge in [-0.2, -0.15) is 0 Å². The molecular formula is C11H10BrClN4O. The SMILES string of the molecule is Clc1nc(N2CCOCC2)nc2c(Br)cncc12. The molecule has 0 aromatic carbocycles. The molecular weight excluding hydrogens is 320 g/mol. The normalized spacial score (nSPS) is 16.2. The van der Waals surface area contributed by atoms with Crippen LogP contribution >= 0.6 is 27.5 Å². The maximum atomic E-state index is 6.18. The van der Waals surface area contributed by atoms with Gasteiger partial charge in [0.25, 0.3) is 0 Å². The maximum Gasteiger partial charge on any atom is 0.227 e. The molecule has 0 bridgehead atoms. The van der Waals surface area contributed by atoms with Crippen molar-refractivity contribution in [1.82, 2.24) is 15.0 Å². The number of fused-ring (bicyclic) bond motifs is 1. The van der Waals surface area contributed by atoms with Crippen LogP contribution in [0.4, 0.5) is 5.95 Å². The minimum Gasteiger partial charge on any atom is -0.378 e. The number of rotatable bonds is 1. The second-order valence-corrected chi connectivity index (χ2v) is 5.14. The molecule has 2 aromatic heterocycles. The van der Waals surface area contributed by atoms with Crippen LogP contribution in [-0.2, 0) is 4.74 Å². The molecule has 0 spiro atoms. The molecule has 5 nitrogen and oxygen atoms in total. The van der Waals surface area contributed by atoms with Crippen LogP contribution < -0.4 is 4.90 Å². The number of pyridine rings is 1. The number of anilines is 1. The minimum absolute atomic E-state index is 0.426. The zero-order valence-electron chi connectivity index (χ0n) is 9.44. The van der Waals surface area contributed by atoms with Gasteiger partial charge in [-0.1, -0.05) is 11.6 Å². The van der Waals surface area contributed by atoms with Crippen LogP contribution in [0.25, 0.3) is 10.9 Å². The molecule has 0 saturated carbocycles. The molecule has 7 heteroatoms. The van der Waals surface area contributed by atoms with Gasteiger partial charge >= 0.3 is 0 Å². The number of aromatic nitrogens is 3. The van der Waals surface area contributed by atoms with Crippen molar-refractivity contribution in [2.75, 3.05) is 31.2 Å². The highest BCUT2D eigenvalue weighted by Gasteiger charge is 2.16. The average Bonchev–Trinajstić information content (AvgIpc) is 2.41. The van der Waals surface area contributed by atoms with E-state index >= 15 is 0 Å². The topological polar surface area (TPSA) is 51.1 Å². The fourth-order valence-electron chi connectivity index (χ4n) is 1.87. The summed E-state index contributed by atoms with van der Waals surface area (Å²) in [5.41, 5.74) is 0.784. The van der Waals surface area contributed by atoms with E-state index in [-0.39, 0.29) is 0 Å². The fraction of sp³-hybridized carbons (Fsp3) is 0.364. The van der Waals surface area contributed by atoms with Crippen molar-refractivity contribution in [1.29, 1.82) is 0 Å². The van der Waals surface area contributed by atoms with Crippen molar-refractivity contribution >= 4 is 44.4 Å². The second-order valence-electron chi connectivity index (χ2n) is 3.93. The largest absolute Gasteiger partial charge is 0.378 e. The Morgan fingerprint density at radius 2 is 2.00 bits per heavy atom. The lowest BCUT2D eigenvalue weighted by atomic mass is 10.3. The highest BCUT2D eigenvalue weighted by Crippen LogP contribution is 2.27. The summed E-state index contributed by atoms with van der Waals surface area (Å²) < 4.78 is 6.13. The van der Waals surface area contributed by atoms with Crippen LogP contribution in [0.15, 0.2) is 16.9 Å². The molecule has 3 heterocycles. The molecule has 0 unspecified atom stereocenters. The molecule has 0 radical (unpaired) electrons. The Labute approximate surface area is 117 Å². The van der Waals surface area contributed by atoms with Crippen LogP contribution in [0.1, 0.15) is 0 Å². The first kappa shape index (κ1) is 12.1. The lowest BCUT2D eigenvalue weighted by Gasteiger charge is -2.27. The predicted octanol–water partition coefficient (Wildman–Crippen LogP) is 2.28. The van der Waals surface area contributed by atoms with E-state index in [1.807, 2.05) is 0 Å². The first-order chi connectivity index (χ1) is 8.75. The number of ether oxygens (including phenoxy) is 1. The minimum atomic E-state index is 0.426. The third-order valence-corrected chi connectivity index (χ3v) is 3.67. The van der Waals surface area contributed by atoms with Gasteiger partial charge in [0, 0.05) is 25.5 Å². The number of halogens is 2. The molecule has 3 rings (SSSR count). The number of morpholine rings is 1. The monoisotopic (exact) mass is 328 g/mol. The standard InChI is InChI=1S/C11H10BrClN4O/c12-8-6-14-5-7-9(8)15-11(16-10(7)13)17-1-3-18-4-2-17/h5-6H,1-4H2. The summed E-state index contributed by atoms with van der Waals surface area (Å²) in [6.45, 7) is 2.95. The molecule has 1 aliphatic rings. The van der Waals surface area contributed by atoms with Gasteiger partial charge in [-0.05, 0) is 15.9 Å². The van der Waals surface area contributed by atoms with Crippen LogP contribution in [-0.4, -0.2) is 41.3 Å². The van der Waals surface area contributed by atoms with Crippen LogP contribution in [0.3, 0.4) is 0 Å². The summed E-state index contributed by atoms with van der Waals surface area (Å²) in [6, 6.07) is 0. The quantitative estimate of drug-likeness (QED) is 0.751. The molecule has 1 fully saturated rings. The molecule has 18 heavy (non-hydrogen) atoms. The Morgan fingerprint density at radius 1 is 1.22 bits per heavy atom. The fourth-order valence-corrected chi connectivity index (χ4v) is 2.50. The first-order valence-corrected chi connectivity index (χ1v) is 6.72. The predicted molar refractivity (Wildman–Crippen MR) is 73.1 cm³/mol. The molecule has 0 atom stereocenters. The van der Waals surface area contributed by atoms with Gasteiger partial charge in [0.15, 0.2) is 0 Å². The van der Waals surface area contributed by atoms with Gasteiger partial charge in [-0.15, -0.1) is 0 Å². The molecule has 2 aromatic rings. The Balaban J connectivity index is 2.11. The van der Waals surface area contributed by atoms with Crippen LogP contribution in [0, 0.1) is 0 Å². The van der Waals surface area contributed by atoms with Gasteiger partial charge in [0.1, 0.15) is 5.15 Å². The van der Waals surface area contributed by atoms with Crippen molar-refractivity contribution in [3.8, 4) is 0 Å². The molecule has 0 N–H and O–H groups in total. The number of hydrogen-bond donors (Lipinski definition) is 0. The van der Waals surface area contributed by atoms with Crippen molar-refractivity contribution < 1.29 is 4.74 Å². The lowest BCUT2D eigenvalue weighted by molar-refractivity contribution is 0.122. The summed E-state index contributed by atoms with van der Waals surface area (Å²) in [7, 11) is 0. The third-order valence-electron chi connectivity index (χ3n) is 2.80. The lowest BCUT2D eigenvalue weighted by Crippen LogP contribution is -2.37. The van der Waals surface area contributed by atoms with Crippen molar-refractivity contribution in [3.63, 3.8) is 0 Å². The van der Waals surface area contributed by atoms with Gasteiger partial charge in [-0.3, -0.25) is 4.98 Å². The van der Waals surface area contributed by atoms with E-state index in [1.165, 1.54) is 0 Å². The Morgan fingerprint density at radius 3 is 2.78 bits per heavy atom. The molecule has 1 aliphatic heterocycles. The zero-order chi connectivity index (χ0) is 12.5. The Bertz CT molecular complexity index is 589. The zero-order valence-corrected chi connectivity index (χ0v) is 11.8. The van der Waals surface area contributed by atoms with E-state index in [1.54, 1.807) is 12.4 Å². The summed E-state index contributed by atoms with van der Waals surface area (Å²) in [6.07, 6.45) is 3.38. The molecule has 94 valence electrons. The first-order valence-electron chi connectivity index (χ1n) is 5.55. The molecule has 1 saturated heterocycles. The molecule has 0 amide bonds. The van der Waals surface area contributed by atoms with E-state index in [4.69, 9.17) is 16.3 Å². The Hall–Kier alpha value is -0.980. The highest BCUT2D eigenvalue weighted by atomic mass is 79.9. The van der Waals surface area contributed by atoms with Crippen molar-refractivity contribution in [2.45, 2.75) is 0 Å². The smallest absolute Gasteiger partial charge is 0.227 e. The van der Waals surface area contributed by atoms with E-state index in [0.29, 0.717) is 24.3 Å². The third kappa shape index (κ3) is 2.15. The molecule has 0 aliphatic carbocycles. The summed E-state index contributed by atoms with van der Waals surface area (Å²) in [4.78, 5) is 15.0. The second kappa shape index (κ2) is 4.95. The Kier molecular flexibility index (Phi) is 3.32. The van der Waals surface area contributed by atoms with E-state index in [0.717, 1.165) is 28.5 Å². The van der Waals surface area contributed by atoms with E-state index < -0.39 is 0 Å². The van der Waals surface area contributed by atoms with Gasteiger partial charge in [0.05, 0.1) is 28.6 Å². The highest BCUT2D eigenvalue weighted by molar-refractivity contribution is 9.10. The average molecular weight is 330 g/mol. The summed E-state index contributed by atoms with van der Waals surface area (Å²) in [5, 5.41) is 1.18. The summed E-state index contributed by atoms with van der Waals surface area (Å²) >= 11 is 9.62. The maximum absolute atomic E-state index is 6.18.